The molecule has 0 aromatic rings. The first kappa shape index (κ1) is 26.2. The van der Waals surface area contributed by atoms with E-state index in [-0.39, 0.29) is 13.4 Å². The van der Waals surface area contributed by atoms with Crippen molar-refractivity contribution in [1.29, 1.82) is 0 Å². The van der Waals surface area contributed by atoms with Gasteiger partial charge < -0.3 is 10.2 Å². The Hall–Kier alpha value is -0.0700. The molecule has 0 rings (SSSR count). The van der Waals surface area contributed by atoms with Gasteiger partial charge in [0.1, 0.15) is 0 Å². The van der Waals surface area contributed by atoms with E-state index in [4.69, 9.17) is 4.74 Å². The molecule has 144 valence electrons. The van der Waals surface area contributed by atoms with Gasteiger partial charge in [0, 0.05) is 6.61 Å². The first-order chi connectivity index (χ1) is 11.4. The van der Waals surface area contributed by atoms with E-state index in [1.807, 2.05) is 0 Å². The fourth-order valence-corrected chi connectivity index (χ4v) is 3.03. The summed E-state index contributed by atoms with van der Waals surface area (Å²) >= 11 is 0. The molecule has 0 saturated carbocycles. The van der Waals surface area contributed by atoms with E-state index >= 15 is 0 Å². The summed E-state index contributed by atoms with van der Waals surface area (Å²) in [4.78, 5) is 0. The molecule has 0 atom stereocenters. The zero-order valence-electron chi connectivity index (χ0n) is 16.0. The van der Waals surface area contributed by atoms with Gasteiger partial charge in [-0.1, -0.05) is 39.0 Å². The normalized spacial score (nSPS) is 10.2. The molecule has 2 N–H and O–H groups in total. The van der Waals surface area contributed by atoms with Gasteiger partial charge >= 0.3 is 88.9 Å². The molecule has 0 aromatic heterocycles. The second-order valence-corrected chi connectivity index (χ2v) is 7.06. The molecular weight excluding hydrogens is 319 g/mol. The van der Waals surface area contributed by atoms with Crippen LogP contribution in [0.25, 0.3) is 0 Å². The summed E-state index contributed by atoms with van der Waals surface area (Å²) in [6, 6.07) is 0. The van der Waals surface area contributed by atoms with Crippen molar-refractivity contribution in [2.45, 2.75) is 110 Å². The Morgan fingerprint density at radius 2 is 1.08 bits per heavy atom. The van der Waals surface area contributed by atoms with Gasteiger partial charge in [0.05, 0.1) is 0 Å². The summed E-state index contributed by atoms with van der Waals surface area (Å²) < 4.78 is 15.9. The minimum absolute atomic E-state index is 0. The van der Waals surface area contributed by atoms with Crippen LogP contribution in [0.1, 0.15) is 110 Å². The van der Waals surface area contributed by atoms with E-state index in [0.29, 0.717) is 0 Å². The Bertz CT molecular complexity index is 314. The summed E-state index contributed by atoms with van der Waals surface area (Å²) in [5, 5.41) is 0. The predicted octanol–water partition coefficient (Wildman–Crippen LogP) is 6.69. The second-order valence-electron chi connectivity index (χ2n) is 6.56. The van der Waals surface area contributed by atoms with Gasteiger partial charge in [-0.05, 0) is 6.42 Å². The van der Waals surface area contributed by atoms with Crippen molar-refractivity contribution in [3.63, 3.8) is 0 Å². The Balaban J connectivity index is 0. The first-order valence-corrected chi connectivity index (χ1v) is 10.9. The molecule has 0 radical (unpaired) electrons. The molecule has 0 aliphatic carbocycles. The third-order valence-electron chi connectivity index (χ3n) is 4.28. The van der Waals surface area contributed by atoms with Gasteiger partial charge in [-0.25, -0.2) is 0 Å². The van der Waals surface area contributed by atoms with Crippen LogP contribution in [0.2, 0.25) is 0 Å². The maximum atomic E-state index is 10.2. The monoisotopic (exact) mass is 360 g/mol. The van der Waals surface area contributed by atoms with Crippen LogP contribution in [0.4, 0.5) is 0 Å². The zero-order valence-corrected chi connectivity index (χ0v) is 16.9. The summed E-state index contributed by atoms with van der Waals surface area (Å²) in [6.45, 7) is 4.19. The molecule has 0 aliphatic heterocycles. The third-order valence-corrected chi connectivity index (χ3v) is 4.64. The van der Waals surface area contributed by atoms with Gasteiger partial charge in [-0.3, -0.25) is 0 Å². The number of ether oxygens (including phenoxy) is 1. The number of unbranched alkanes of at least 4 members (excludes halogenated alkanes) is 14. The van der Waals surface area contributed by atoms with Gasteiger partial charge in [-0.2, -0.15) is 0 Å². The van der Waals surface area contributed by atoms with Crippen LogP contribution in [-0.2, 0) is 9.30 Å². The Morgan fingerprint density at radius 3 is 1.54 bits per heavy atom. The van der Waals surface area contributed by atoms with E-state index in [1.54, 1.807) is 0 Å². The maximum absolute atomic E-state index is 10.2. The van der Waals surface area contributed by atoms with E-state index in [9.17, 15) is 4.57 Å². The fourth-order valence-electron chi connectivity index (χ4n) is 2.78. The Labute approximate surface area is 151 Å². The van der Waals surface area contributed by atoms with Crippen molar-refractivity contribution in [2.75, 3.05) is 13.2 Å². The van der Waals surface area contributed by atoms with Crippen LogP contribution >= 0.6 is 7.92 Å². The van der Waals surface area contributed by atoms with Crippen molar-refractivity contribution in [3.05, 3.63) is 0 Å². The zero-order chi connectivity index (χ0) is 16.8. The number of hydrogen-bond acceptors (Lipinski definition) is 2. The van der Waals surface area contributed by atoms with Crippen LogP contribution in [0.3, 0.4) is 0 Å². The van der Waals surface area contributed by atoms with Crippen LogP contribution in [0.15, 0.2) is 0 Å². The molecular formula is C20H41O3P. The minimum atomic E-state index is 0. The molecule has 4 heteroatoms. The molecule has 0 fully saturated rings. The summed E-state index contributed by atoms with van der Waals surface area (Å²) in [5.41, 5.74) is 2.81. The van der Waals surface area contributed by atoms with E-state index in [2.05, 4.69) is 12.6 Å². The van der Waals surface area contributed by atoms with Crippen LogP contribution < -0.4 is 0 Å². The molecule has 0 spiro atoms. The van der Waals surface area contributed by atoms with Crippen LogP contribution in [0, 0.1) is 5.63 Å². The molecule has 0 aliphatic rings. The quantitative estimate of drug-likeness (QED) is 0.202. The summed E-state index contributed by atoms with van der Waals surface area (Å²) in [7, 11) is 0.0694. The smallest absolute Gasteiger partial charge is 0.412 e. The van der Waals surface area contributed by atoms with Gasteiger partial charge in [0.2, 0.25) is 0 Å². The average Bonchev–Trinajstić information content (AvgIpc) is 2.57. The fraction of sp³-hybridized carbons (Fsp3) is 0.950. The SMILES string of the molecule is CCCCCCCCOCCCCCCCCCCCC#P=O.O. The first-order valence-electron chi connectivity index (χ1n) is 10.0. The standard InChI is InChI=1S/C20H39O2P.H2O/c1-2-3-4-5-12-15-18-22-19-16-13-10-8-6-7-9-11-14-17-20-23-21;/h2-19H2,1H3;1H2. The summed E-state index contributed by atoms with van der Waals surface area (Å²) in [5.74, 6) is 0. The molecule has 24 heavy (non-hydrogen) atoms. The molecule has 0 bridgehead atoms. The number of rotatable bonds is 18. The van der Waals surface area contributed by atoms with Crippen molar-refractivity contribution in [1.82, 2.24) is 0 Å². The van der Waals surface area contributed by atoms with E-state index in [0.717, 1.165) is 26.1 Å². The third kappa shape index (κ3) is 24.2. The molecule has 0 heterocycles. The second kappa shape index (κ2) is 25.2. The average molecular weight is 361 g/mol. The molecule has 0 unspecified atom stereocenters. The van der Waals surface area contributed by atoms with Gasteiger partial charge in [0.25, 0.3) is 0 Å². The predicted molar refractivity (Wildman–Crippen MR) is 105 cm³/mol. The van der Waals surface area contributed by atoms with Gasteiger partial charge in [0.15, 0.2) is 0 Å². The molecule has 0 aromatic carbocycles. The van der Waals surface area contributed by atoms with E-state index in [1.165, 1.54) is 89.9 Å². The topological polar surface area (TPSA) is 57.8 Å². The largest absolute Gasteiger partial charge is 0.412 e. The molecule has 0 amide bonds. The van der Waals surface area contributed by atoms with Crippen molar-refractivity contribution < 1.29 is 14.8 Å². The molecule has 0 saturated heterocycles. The molecule has 3 nitrogen and oxygen atoms in total. The van der Waals surface area contributed by atoms with Crippen molar-refractivity contribution >= 4 is 7.92 Å². The minimum Gasteiger partial charge on any atom is -0.412 e. The summed E-state index contributed by atoms with van der Waals surface area (Å²) in [6.07, 6.45) is 20.7. The van der Waals surface area contributed by atoms with Gasteiger partial charge in [-0.15, -0.1) is 0 Å². The number of hydrogen-bond donors (Lipinski definition) is 0. The Morgan fingerprint density at radius 1 is 0.667 bits per heavy atom. The maximum Gasteiger partial charge on any atom is -0.412 e. The van der Waals surface area contributed by atoms with Crippen molar-refractivity contribution in [2.24, 2.45) is 0 Å². The van der Waals surface area contributed by atoms with E-state index < -0.39 is 0 Å². The Kier molecular flexibility index (Phi) is 27.4. The van der Waals surface area contributed by atoms with Crippen LogP contribution in [-0.4, -0.2) is 18.7 Å². The van der Waals surface area contributed by atoms with Crippen LogP contribution in [0.5, 0.6) is 0 Å². The van der Waals surface area contributed by atoms with Crippen molar-refractivity contribution in [3.8, 4) is 5.63 Å².